The summed E-state index contributed by atoms with van der Waals surface area (Å²) >= 11 is 7.33. The van der Waals surface area contributed by atoms with Gasteiger partial charge >= 0.3 is 0 Å². The van der Waals surface area contributed by atoms with E-state index in [4.69, 9.17) is 17.2 Å². The Morgan fingerprint density at radius 2 is 2.35 bits per heavy atom. The zero-order chi connectivity index (χ0) is 13.9. The van der Waals surface area contributed by atoms with Crippen LogP contribution in [-0.2, 0) is 0 Å². The average Bonchev–Trinajstić information content (AvgIpc) is 3.09. The van der Waals surface area contributed by atoms with Crippen molar-refractivity contribution >= 4 is 38.9 Å². The lowest BCUT2D eigenvalue weighted by molar-refractivity contribution is 0.393. The smallest absolute Gasteiger partial charge is 0.169 e. The number of aromatic nitrogens is 1. The Hall–Kier alpha value is -1.20. The molecule has 2 heterocycles. The molecule has 0 aliphatic carbocycles. The number of fused-ring (bicyclic) bond motifs is 1. The first-order chi connectivity index (χ1) is 9.79. The maximum absolute atomic E-state index is 5.53. The Balaban J connectivity index is 1.82. The third-order valence-corrected chi connectivity index (χ3v) is 5.15. The van der Waals surface area contributed by atoms with Crippen molar-refractivity contribution in [1.29, 1.82) is 0 Å². The molecular formula is C15H19N3S2. The largest absolute Gasteiger partial charge is 0.363 e. The predicted octanol–water partition coefficient (Wildman–Crippen LogP) is 3.72. The maximum atomic E-state index is 5.53. The zero-order valence-corrected chi connectivity index (χ0v) is 13.3. The first-order valence-electron chi connectivity index (χ1n) is 7.19. The Morgan fingerprint density at radius 1 is 1.50 bits per heavy atom. The quantitative estimate of drug-likeness (QED) is 0.875. The van der Waals surface area contributed by atoms with Crippen LogP contribution in [0, 0.1) is 0 Å². The maximum Gasteiger partial charge on any atom is 0.169 e. The van der Waals surface area contributed by atoms with Gasteiger partial charge in [-0.05, 0) is 43.6 Å². The summed E-state index contributed by atoms with van der Waals surface area (Å²) in [6.45, 7) is 4.14. The second-order valence-corrected chi connectivity index (χ2v) is 6.55. The molecule has 1 aliphatic rings. The molecule has 0 amide bonds. The van der Waals surface area contributed by atoms with Crippen LogP contribution in [-0.4, -0.2) is 28.1 Å². The van der Waals surface area contributed by atoms with Crippen molar-refractivity contribution in [2.45, 2.75) is 32.2 Å². The van der Waals surface area contributed by atoms with E-state index in [1.807, 2.05) is 6.07 Å². The van der Waals surface area contributed by atoms with E-state index in [1.165, 1.54) is 16.1 Å². The summed E-state index contributed by atoms with van der Waals surface area (Å²) in [5.74, 6) is 0. The van der Waals surface area contributed by atoms with Gasteiger partial charge in [0, 0.05) is 13.1 Å². The first kappa shape index (κ1) is 13.8. The van der Waals surface area contributed by atoms with E-state index in [9.17, 15) is 0 Å². The number of benzene rings is 1. The molecule has 0 spiro atoms. The van der Waals surface area contributed by atoms with Crippen LogP contribution in [0.3, 0.4) is 0 Å². The Bertz CT molecular complexity index is 575. The van der Waals surface area contributed by atoms with Gasteiger partial charge in [-0.15, -0.1) is 11.3 Å². The van der Waals surface area contributed by atoms with Crippen LogP contribution in [0.4, 0.5) is 0 Å². The SMILES string of the molecule is CCCNC(=S)N1CCC[C@H]1c1nc2ccccc2s1. The lowest BCUT2D eigenvalue weighted by Crippen LogP contribution is -2.39. The molecule has 1 N–H and O–H groups in total. The average molecular weight is 305 g/mol. The Kier molecular flexibility index (Phi) is 4.17. The number of hydrogen-bond acceptors (Lipinski definition) is 3. The topological polar surface area (TPSA) is 28.2 Å². The highest BCUT2D eigenvalue weighted by Crippen LogP contribution is 2.36. The van der Waals surface area contributed by atoms with Crippen LogP contribution in [0.5, 0.6) is 0 Å². The minimum absolute atomic E-state index is 0.351. The van der Waals surface area contributed by atoms with Gasteiger partial charge in [-0.3, -0.25) is 0 Å². The molecule has 1 atom stereocenters. The summed E-state index contributed by atoms with van der Waals surface area (Å²) < 4.78 is 1.27. The minimum Gasteiger partial charge on any atom is -0.363 e. The second kappa shape index (κ2) is 6.06. The molecule has 0 radical (unpaired) electrons. The molecule has 1 aromatic carbocycles. The molecular weight excluding hydrogens is 286 g/mol. The fourth-order valence-electron chi connectivity index (χ4n) is 2.63. The van der Waals surface area contributed by atoms with Crippen LogP contribution in [0.25, 0.3) is 10.2 Å². The number of thiocarbonyl (C=S) groups is 1. The number of nitrogens with one attached hydrogen (secondary N) is 1. The van der Waals surface area contributed by atoms with Gasteiger partial charge in [0.05, 0.1) is 16.3 Å². The van der Waals surface area contributed by atoms with E-state index < -0.39 is 0 Å². The van der Waals surface area contributed by atoms with Crippen molar-refractivity contribution in [3.8, 4) is 0 Å². The molecule has 1 saturated heterocycles. The summed E-state index contributed by atoms with van der Waals surface area (Å²) in [4.78, 5) is 7.11. The van der Waals surface area contributed by atoms with E-state index in [2.05, 4.69) is 35.3 Å². The molecule has 1 aliphatic heterocycles. The van der Waals surface area contributed by atoms with E-state index in [1.54, 1.807) is 11.3 Å². The summed E-state index contributed by atoms with van der Waals surface area (Å²) in [7, 11) is 0. The van der Waals surface area contributed by atoms with Crippen LogP contribution in [0.1, 0.15) is 37.2 Å². The molecule has 5 heteroatoms. The van der Waals surface area contributed by atoms with Gasteiger partial charge in [0.15, 0.2) is 5.11 Å². The predicted molar refractivity (Wildman–Crippen MR) is 89.2 cm³/mol. The van der Waals surface area contributed by atoms with Crippen molar-refractivity contribution in [3.05, 3.63) is 29.3 Å². The normalized spacial score (nSPS) is 18.6. The van der Waals surface area contributed by atoms with Crippen LogP contribution in [0.15, 0.2) is 24.3 Å². The highest BCUT2D eigenvalue weighted by atomic mass is 32.1. The fourth-order valence-corrected chi connectivity index (χ4v) is 4.07. The lowest BCUT2D eigenvalue weighted by Gasteiger charge is -2.26. The number of likely N-dealkylation sites (tertiary alicyclic amines) is 1. The van der Waals surface area contributed by atoms with Gasteiger partial charge in [-0.25, -0.2) is 4.98 Å². The van der Waals surface area contributed by atoms with Crippen LogP contribution in [0.2, 0.25) is 0 Å². The summed E-state index contributed by atoms with van der Waals surface area (Å²) in [6.07, 6.45) is 3.43. The van der Waals surface area contributed by atoms with E-state index in [0.29, 0.717) is 6.04 Å². The highest BCUT2D eigenvalue weighted by molar-refractivity contribution is 7.80. The minimum atomic E-state index is 0.351. The molecule has 106 valence electrons. The summed E-state index contributed by atoms with van der Waals surface area (Å²) in [6, 6.07) is 8.70. The van der Waals surface area contributed by atoms with Gasteiger partial charge in [-0.2, -0.15) is 0 Å². The fraction of sp³-hybridized carbons (Fsp3) is 0.467. The lowest BCUT2D eigenvalue weighted by atomic mass is 10.2. The molecule has 0 unspecified atom stereocenters. The van der Waals surface area contributed by atoms with E-state index in [0.717, 1.165) is 36.6 Å². The third-order valence-electron chi connectivity index (χ3n) is 3.64. The molecule has 2 aromatic rings. The first-order valence-corrected chi connectivity index (χ1v) is 8.42. The molecule has 3 rings (SSSR count). The van der Waals surface area contributed by atoms with Gasteiger partial charge in [0.25, 0.3) is 0 Å². The standard InChI is InChI=1S/C15H19N3S2/c1-2-9-16-15(19)18-10-5-7-12(18)14-17-11-6-3-4-8-13(11)20-14/h3-4,6,8,12H,2,5,7,9-10H2,1H3,(H,16,19)/t12-/m0/s1. The highest BCUT2D eigenvalue weighted by Gasteiger charge is 2.30. The van der Waals surface area contributed by atoms with Gasteiger partial charge < -0.3 is 10.2 Å². The summed E-state index contributed by atoms with van der Waals surface area (Å²) in [5.41, 5.74) is 1.10. The van der Waals surface area contributed by atoms with E-state index >= 15 is 0 Å². The van der Waals surface area contributed by atoms with Gasteiger partial charge in [0.1, 0.15) is 5.01 Å². The molecule has 1 fully saturated rings. The van der Waals surface area contributed by atoms with E-state index in [-0.39, 0.29) is 0 Å². The van der Waals surface area contributed by atoms with Crippen molar-refractivity contribution in [2.75, 3.05) is 13.1 Å². The van der Waals surface area contributed by atoms with Crippen molar-refractivity contribution < 1.29 is 0 Å². The van der Waals surface area contributed by atoms with Crippen molar-refractivity contribution in [2.24, 2.45) is 0 Å². The van der Waals surface area contributed by atoms with Crippen LogP contribution >= 0.6 is 23.6 Å². The van der Waals surface area contributed by atoms with Crippen LogP contribution < -0.4 is 5.32 Å². The second-order valence-electron chi connectivity index (χ2n) is 5.10. The number of hydrogen-bond donors (Lipinski definition) is 1. The zero-order valence-electron chi connectivity index (χ0n) is 11.6. The Labute approximate surface area is 129 Å². The van der Waals surface area contributed by atoms with Crippen molar-refractivity contribution in [1.82, 2.24) is 15.2 Å². The monoisotopic (exact) mass is 305 g/mol. The number of rotatable bonds is 3. The Morgan fingerprint density at radius 3 is 3.15 bits per heavy atom. The number of nitrogens with zero attached hydrogens (tertiary/aromatic N) is 2. The molecule has 20 heavy (non-hydrogen) atoms. The molecule has 0 bridgehead atoms. The number of para-hydroxylation sites is 1. The molecule has 1 aromatic heterocycles. The van der Waals surface area contributed by atoms with Gasteiger partial charge in [-0.1, -0.05) is 19.1 Å². The third kappa shape index (κ3) is 2.65. The molecule has 3 nitrogen and oxygen atoms in total. The van der Waals surface area contributed by atoms with Gasteiger partial charge in [0.2, 0.25) is 0 Å². The number of thiazole rings is 1. The summed E-state index contributed by atoms with van der Waals surface area (Å²) in [5, 5.41) is 5.42. The molecule has 0 saturated carbocycles. The van der Waals surface area contributed by atoms with Crippen molar-refractivity contribution in [3.63, 3.8) is 0 Å².